The molecule has 0 aliphatic carbocycles. The maximum absolute atomic E-state index is 12.5. The Labute approximate surface area is 462 Å². The van der Waals surface area contributed by atoms with Gasteiger partial charge in [-0.2, -0.15) is 0 Å². The molecule has 0 fully saturated rings. The predicted molar refractivity (Wildman–Crippen MR) is 324 cm³/mol. The number of rotatable bonds is 63. The minimum absolute atomic E-state index is 0.00392. The Bertz CT molecular complexity index is 1150. The third-order valence-electron chi connectivity index (χ3n) is 15.7. The number of esters is 1. The van der Waals surface area contributed by atoms with Crippen molar-refractivity contribution in [3.63, 3.8) is 0 Å². The zero-order valence-electron chi connectivity index (χ0n) is 50.1. The van der Waals surface area contributed by atoms with Gasteiger partial charge in [-0.15, -0.1) is 0 Å². The highest BCUT2D eigenvalue weighted by molar-refractivity contribution is 5.76. The highest BCUT2D eigenvalue weighted by atomic mass is 16.5. The van der Waals surface area contributed by atoms with E-state index in [0.29, 0.717) is 25.9 Å². The summed E-state index contributed by atoms with van der Waals surface area (Å²) in [7, 11) is 0. The van der Waals surface area contributed by atoms with E-state index in [1.165, 1.54) is 295 Å². The van der Waals surface area contributed by atoms with Crippen molar-refractivity contribution in [3.05, 3.63) is 24.3 Å². The number of hydrogen-bond acceptors (Lipinski definition) is 5. The number of allylic oxidation sites excluding steroid dienone is 4. The summed E-state index contributed by atoms with van der Waals surface area (Å²) in [5.41, 5.74) is 0. The van der Waals surface area contributed by atoms with Gasteiger partial charge < -0.3 is 20.3 Å². The monoisotopic (exact) mass is 1040 g/mol. The molecule has 1 amide bonds. The fourth-order valence-electron chi connectivity index (χ4n) is 10.6. The fourth-order valence-corrected chi connectivity index (χ4v) is 10.6. The second kappa shape index (κ2) is 63.9. The summed E-state index contributed by atoms with van der Waals surface area (Å²) in [6.07, 6.45) is 79.2. The standard InChI is InChI=1S/C68H131NO5/c1-3-5-7-9-11-13-15-17-18-19-20-28-31-34-37-40-44-48-52-56-60-66(71)65(64-70)69-67(72)61-57-53-49-45-41-38-35-32-29-26-24-22-21-23-25-27-30-33-36-39-43-47-51-55-59-63-74-68(73)62-58-54-50-46-42-16-14-12-10-8-6-4-2/h12,14,22,24,65-66,70-71H,3-11,13,15-21,23,25-64H2,1-2H3,(H,69,72)/b14-12-,24-22-. The Morgan fingerprint density at radius 3 is 0.986 bits per heavy atom. The van der Waals surface area contributed by atoms with Crippen LogP contribution in [0.2, 0.25) is 0 Å². The molecule has 0 aliphatic heterocycles. The van der Waals surface area contributed by atoms with Crippen LogP contribution in [0.15, 0.2) is 24.3 Å². The van der Waals surface area contributed by atoms with Crippen molar-refractivity contribution >= 4 is 11.9 Å². The molecule has 74 heavy (non-hydrogen) atoms. The molecule has 0 radical (unpaired) electrons. The lowest BCUT2D eigenvalue weighted by Crippen LogP contribution is -2.45. The smallest absolute Gasteiger partial charge is 0.305 e. The van der Waals surface area contributed by atoms with E-state index in [0.717, 1.165) is 44.9 Å². The summed E-state index contributed by atoms with van der Waals surface area (Å²) in [5.74, 6) is -0.0304. The second-order valence-corrected chi connectivity index (χ2v) is 23.1. The van der Waals surface area contributed by atoms with Crippen molar-refractivity contribution in [2.24, 2.45) is 0 Å². The van der Waals surface area contributed by atoms with Crippen molar-refractivity contribution in [3.8, 4) is 0 Å². The minimum atomic E-state index is -0.667. The Kier molecular flexibility index (Phi) is 62.4. The molecule has 438 valence electrons. The summed E-state index contributed by atoms with van der Waals surface area (Å²) in [5, 5.41) is 23.4. The van der Waals surface area contributed by atoms with E-state index in [2.05, 4.69) is 43.5 Å². The van der Waals surface area contributed by atoms with Crippen molar-refractivity contribution in [2.75, 3.05) is 13.2 Å². The van der Waals surface area contributed by atoms with E-state index >= 15 is 0 Å². The van der Waals surface area contributed by atoms with Gasteiger partial charge in [-0.25, -0.2) is 0 Å². The zero-order chi connectivity index (χ0) is 53.6. The Hall–Kier alpha value is -1.66. The van der Waals surface area contributed by atoms with Gasteiger partial charge in [-0.05, 0) is 77.0 Å². The number of unbranched alkanes of at least 4 members (excludes halogenated alkanes) is 48. The molecule has 2 unspecified atom stereocenters. The van der Waals surface area contributed by atoms with Crippen LogP contribution in [0.3, 0.4) is 0 Å². The van der Waals surface area contributed by atoms with Gasteiger partial charge in [0, 0.05) is 12.8 Å². The number of ether oxygens (including phenoxy) is 1. The Morgan fingerprint density at radius 1 is 0.365 bits per heavy atom. The highest BCUT2D eigenvalue weighted by Gasteiger charge is 2.20. The quantitative estimate of drug-likeness (QED) is 0.0320. The highest BCUT2D eigenvalue weighted by Crippen LogP contribution is 2.18. The van der Waals surface area contributed by atoms with Gasteiger partial charge in [0.15, 0.2) is 0 Å². The van der Waals surface area contributed by atoms with Crippen LogP contribution in [0, 0.1) is 0 Å². The molecular weight excluding hydrogens is 911 g/mol. The first-order valence-corrected chi connectivity index (χ1v) is 33.6. The predicted octanol–water partition coefficient (Wildman–Crippen LogP) is 21.4. The second-order valence-electron chi connectivity index (χ2n) is 23.1. The van der Waals surface area contributed by atoms with Crippen LogP contribution in [0.25, 0.3) is 0 Å². The number of hydrogen-bond donors (Lipinski definition) is 3. The first kappa shape index (κ1) is 72.3. The first-order chi connectivity index (χ1) is 36.5. The Balaban J connectivity index is 3.40. The number of nitrogens with one attached hydrogen (secondary N) is 1. The normalized spacial score (nSPS) is 12.6. The average molecular weight is 1040 g/mol. The van der Waals surface area contributed by atoms with Gasteiger partial charge in [0.2, 0.25) is 5.91 Å². The van der Waals surface area contributed by atoms with Crippen LogP contribution in [-0.2, 0) is 14.3 Å². The van der Waals surface area contributed by atoms with Crippen LogP contribution in [0.1, 0.15) is 373 Å². The molecule has 0 saturated carbocycles. The number of carbonyl (C=O) groups is 2. The topological polar surface area (TPSA) is 95.9 Å². The molecular formula is C68H131NO5. The third-order valence-corrected chi connectivity index (χ3v) is 15.7. The van der Waals surface area contributed by atoms with Gasteiger partial charge >= 0.3 is 5.97 Å². The van der Waals surface area contributed by atoms with Crippen molar-refractivity contribution in [1.82, 2.24) is 5.32 Å². The number of aliphatic hydroxyl groups excluding tert-OH is 2. The van der Waals surface area contributed by atoms with Crippen molar-refractivity contribution in [2.45, 2.75) is 386 Å². The van der Waals surface area contributed by atoms with E-state index in [9.17, 15) is 19.8 Å². The molecule has 0 saturated heterocycles. The van der Waals surface area contributed by atoms with E-state index in [-0.39, 0.29) is 18.5 Å². The molecule has 0 spiro atoms. The van der Waals surface area contributed by atoms with Crippen LogP contribution >= 0.6 is 0 Å². The van der Waals surface area contributed by atoms with Gasteiger partial charge in [-0.1, -0.05) is 308 Å². The van der Waals surface area contributed by atoms with Gasteiger partial charge in [0.1, 0.15) is 0 Å². The molecule has 0 rings (SSSR count). The molecule has 6 heteroatoms. The summed E-state index contributed by atoms with van der Waals surface area (Å²) in [6.45, 7) is 4.96. The largest absolute Gasteiger partial charge is 0.466 e. The summed E-state index contributed by atoms with van der Waals surface area (Å²) in [6, 6.07) is -0.544. The van der Waals surface area contributed by atoms with E-state index in [1.807, 2.05) is 0 Å². The lowest BCUT2D eigenvalue weighted by molar-refractivity contribution is -0.143. The molecule has 0 aliphatic rings. The average Bonchev–Trinajstić information content (AvgIpc) is 3.40. The van der Waals surface area contributed by atoms with E-state index < -0.39 is 12.1 Å². The molecule has 0 aromatic carbocycles. The van der Waals surface area contributed by atoms with E-state index in [1.54, 1.807) is 0 Å². The Morgan fingerprint density at radius 2 is 0.635 bits per heavy atom. The fraction of sp³-hybridized carbons (Fsp3) is 0.912. The molecule has 3 N–H and O–H groups in total. The van der Waals surface area contributed by atoms with E-state index in [4.69, 9.17) is 4.74 Å². The SMILES string of the molecule is CCCCC/C=C\CCCCCCCC(=O)OCCCCCCCCCCCCCC/C=C\CCCCCCCCCCCC(=O)NC(CO)C(O)CCCCCCCCCCCCCCCCCCCCCC. The number of aliphatic hydroxyl groups is 2. The van der Waals surface area contributed by atoms with Crippen LogP contribution in [-0.4, -0.2) is 47.4 Å². The molecule has 0 aromatic rings. The van der Waals surface area contributed by atoms with Gasteiger partial charge in [0.05, 0.1) is 25.4 Å². The maximum Gasteiger partial charge on any atom is 0.305 e. The summed E-state index contributed by atoms with van der Waals surface area (Å²) < 4.78 is 5.47. The molecule has 2 atom stereocenters. The maximum atomic E-state index is 12.5. The molecule has 0 bridgehead atoms. The van der Waals surface area contributed by atoms with Crippen LogP contribution in [0.5, 0.6) is 0 Å². The van der Waals surface area contributed by atoms with Gasteiger partial charge in [-0.3, -0.25) is 9.59 Å². The molecule has 0 aromatic heterocycles. The van der Waals surface area contributed by atoms with Gasteiger partial charge in [0.25, 0.3) is 0 Å². The number of carbonyl (C=O) groups excluding carboxylic acids is 2. The summed E-state index contributed by atoms with van der Waals surface area (Å²) >= 11 is 0. The first-order valence-electron chi connectivity index (χ1n) is 33.6. The summed E-state index contributed by atoms with van der Waals surface area (Å²) in [4.78, 5) is 24.5. The number of amides is 1. The van der Waals surface area contributed by atoms with Crippen LogP contribution < -0.4 is 5.32 Å². The molecule has 0 heterocycles. The van der Waals surface area contributed by atoms with Crippen LogP contribution in [0.4, 0.5) is 0 Å². The lowest BCUT2D eigenvalue weighted by Gasteiger charge is -2.22. The molecule has 6 nitrogen and oxygen atoms in total. The lowest BCUT2D eigenvalue weighted by atomic mass is 10.0. The minimum Gasteiger partial charge on any atom is -0.466 e. The van der Waals surface area contributed by atoms with Crippen molar-refractivity contribution in [1.29, 1.82) is 0 Å². The third kappa shape index (κ3) is 59.6. The van der Waals surface area contributed by atoms with Crippen molar-refractivity contribution < 1.29 is 24.5 Å². The zero-order valence-corrected chi connectivity index (χ0v) is 50.1.